The van der Waals surface area contributed by atoms with Gasteiger partial charge in [0.05, 0.1) is 22.8 Å². The van der Waals surface area contributed by atoms with E-state index in [1.54, 1.807) is 4.57 Å². The van der Waals surface area contributed by atoms with Gasteiger partial charge in [0.25, 0.3) is 5.56 Å². The number of aromatic nitrogens is 5. The number of carbonyl (C=O) groups is 2. The zero-order valence-electron chi connectivity index (χ0n) is 18.2. The first-order valence-corrected chi connectivity index (χ1v) is 11.0. The summed E-state index contributed by atoms with van der Waals surface area (Å²) in [6, 6.07) is 5.73. The monoisotopic (exact) mass is 463 g/mol. The second-order valence-corrected chi connectivity index (χ2v) is 8.43. The van der Waals surface area contributed by atoms with E-state index in [1.807, 2.05) is 6.07 Å². The lowest BCUT2D eigenvalue weighted by Gasteiger charge is -2.18. The summed E-state index contributed by atoms with van der Waals surface area (Å²) in [6.45, 7) is -0.210. The molecule has 2 amide bonds. The van der Waals surface area contributed by atoms with Crippen LogP contribution in [0.1, 0.15) is 54.1 Å². The summed E-state index contributed by atoms with van der Waals surface area (Å²) in [5, 5.41) is 7.31. The first-order chi connectivity index (χ1) is 16.4. The van der Waals surface area contributed by atoms with Crippen molar-refractivity contribution in [3.63, 3.8) is 0 Å². The van der Waals surface area contributed by atoms with Gasteiger partial charge in [-0.1, -0.05) is 19.3 Å². The fourth-order valence-corrected chi connectivity index (χ4v) is 4.45. The molecule has 0 saturated heterocycles. The van der Waals surface area contributed by atoms with Crippen LogP contribution in [-0.4, -0.2) is 36.0 Å². The Kier molecular flexibility index (Phi) is 5.52. The molecule has 34 heavy (non-hydrogen) atoms. The standard InChI is InChI=1S/C23H22FN7O3/c24-15-6-7-18(26-11-15)28-19(32)12-30-20-9-17(13-4-2-1-3-5-13)29-31(20)23(34)16-8-14(21(25)33)10-27-22(16)30/h6-11,13H,1-5,12H2,(H2,25,33)(H,26,28,32). The van der Waals surface area contributed by atoms with Crippen molar-refractivity contribution in [1.29, 1.82) is 0 Å². The Hall–Kier alpha value is -4.15. The van der Waals surface area contributed by atoms with E-state index >= 15 is 0 Å². The molecule has 4 aromatic rings. The van der Waals surface area contributed by atoms with Crippen LogP contribution in [0.5, 0.6) is 0 Å². The van der Waals surface area contributed by atoms with Crippen LogP contribution < -0.4 is 16.6 Å². The fourth-order valence-electron chi connectivity index (χ4n) is 4.45. The molecule has 0 aromatic carbocycles. The van der Waals surface area contributed by atoms with Gasteiger partial charge in [-0.3, -0.25) is 14.4 Å². The van der Waals surface area contributed by atoms with Crippen LogP contribution in [0.15, 0.2) is 41.5 Å². The van der Waals surface area contributed by atoms with Crippen LogP contribution in [0.25, 0.3) is 16.7 Å². The lowest BCUT2D eigenvalue weighted by molar-refractivity contribution is -0.116. The predicted molar refractivity (Wildman–Crippen MR) is 122 cm³/mol. The molecule has 1 aliphatic carbocycles. The molecule has 0 radical (unpaired) electrons. The van der Waals surface area contributed by atoms with Crippen LogP contribution in [-0.2, 0) is 11.3 Å². The summed E-state index contributed by atoms with van der Waals surface area (Å²) in [6.07, 6.45) is 7.62. The van der Waals surface area contributed by atoms with Gasteiger partial charge in [0.15, 0.2) is 0 Å². The van der Waals surface area contributed by atoms with Crippen LogP contribution in [0.2, 0.25) is 0 Å². The third-order valence-corrected chi connectivity index (χ3v) is 6.14. The van der Waals surface area contributed by atoms with Gasteiger partial charge in [-0.15, -0.1) is 0 Å². The lowest BCUT2D eigenvalue weighted by atomic mass is 9.87. The minimum atomic E-state index is -0.719. The Labute approximate surface area is 192 Å². The molecule has 1 fully saturated rings. The number of halogens is 1. The number of pyridine rings is 2. The van der Waals surface area contributed by atoms with Gasteiger partial charge in [0, 0.05) is 18.2 Å². The van der Waals surface area contributed by atoms with Crippen molar-refractivity contribution in [2.45, 2.75) is 44.6 Å². The number of fused-ring (bicyclic) bond motifs is 2. The molecule has 4 heterocycles. The fraction of sp³-hybridized carbons (Fsp3) is 0.304. The van der Waals surface area contributed by atoms with E-state index in [9.17, 15) is 18.8 Å². The number of anilines is 1. The van der Waals surface area contributed by atoms with E-state index in [4.69, 9.17) is 5.73 Å². The van der Waals surface area contributed by atoms with Gasteiger partial charge in [-0.05, 0) is 31.0 Å². The molecule has 10 nitrogen and oxygen atoms in total. The van der Waals surface area contributed by atoms with Gasteiger partial charge >= 0.3 is 0 Å². The quantitative estimate of drug-likeness (QED) is 0.466. The average molecular weight is 463 g/mol. The molecule has 11 heteroatoms. The molecule has 0 unspecified atom stereocenters. The molecular formula is C23H22FN7O3. The van der Waals surface area contributed by atoms with Gasteiger partial charge in [-0.2, -0.15) is 9.61 Å². The summed E-state index contributed by atoms with van der Waals surface area (Å²) in [4.78, 5) is 45.9. The van der Waals surface area contributed by atoms with Crippen molar-refractivity contribution >= 4 is 34.3 Å². The Balaban J connectivity index is 1.63. The molecule has 0 bridgehead atoms. The molecular weight excluding hydrogens is 441 g/mol. The number of carbonyl (C=O) groups excluding carboxylic acids is 2. The molecule has 1 saturated carbocycles. The molecule has 4 aromatic heterocycles. The van der Waals surface area contributed by atoms with E-state index in [1.165, 1.54) is 35.3 Å². The Morgan fingerprint density at radius 1 is 1.12 bits per heavy atom. The zero-order valence-corrected chi connectivity index (χ0v) is 18.2. The third-order valence-electron chi connectivity index (χ3n) is 6.14. The minimum Gasteiger partial charge on any atom is -0.366 e. The maximum Gasteiger partial charge on any atom is 0.283 e. The van der Waals surface area contributed by atoms with Gasteiger partial charge in [-0.25, -0.2) is 14.4 Å². The highest BCUT2D eigenvalue weighted by Gasteiger charge is 2.23. The highest BCUT2D eigenvalue weighted by Crippen LogP contribution is 2.32. The van der Waals surface area contributed by atoms with E-state index in [0.717, 1.165) is 37.6 Å². The number of hydrogen-bond donors (Lipinski definition) is 2. The SMILES string of the molecule is NC(=O)c1cnc2c(c1)c(=O)n1nc(C3CCCCC3)cc1n2CC(=O)Nc1ccc(F)cn1. The lowest BCUT2D eigenvalue weighted by Crippen LogP contribution is -2.26. The summed E-state index contributed by atoms with van der Waals surface area (Å²) in [5.74, 6) is -1.27. The summed E-state index contributed by atoms with van der Waals surface area (Å²) >= 11 is 0. The summed E-state index contributed by atoms with van der Waals surface area (Å²) < 4.78 is 16.0. The van der Waals surface area contributed by atoms with E-state index in [-0.39, 0.29) is 34.9 Å². The van der Waals surface area contributed by atoms with Crippen molar-refractivity contribution in [1.82, 2.24) is 24.1 Å². The number of primary amides is 1. The maximum absolute atomic E-state index is 13.3. The summed E-state index contributed by atoms with van der Waals surface area (Å²) in [7, 11) is 0. The topological polar surface area (TPSA) is 137 Å². The Bertz CT molecular complexity index is 1470. The first kappa shape index (κ1) is 21.7. The van der Waals surface area contributed by atoms with Crippen molar-refractivity contribution < 1.29 is 14.0 Å². The van der Waals surface area contributed by atoms with Gasteiger partial charge in [0.2, 0.25) is 11.8 Å². The smallest absolute Gasteiger partial charge is 0.283 e. The Morgan fingerprint density at radius 3 is 2.62 bits per heavy atom. The largest absolute Gasteiger partial charge is 0.366 e. The van der Waals surface area contributed by atoms with E-state index < -0.39 is 23.2 Å². The number of amides is 2. The number of nitrogens with two attached hydrogens (primary N) is 1. The average Bonchev–Trinajstić information content (AvgIpc) is 3.29. The highest BCUT2D eigenvalue weighted by atomic mass is 19.1. The molecule has 1 aliphatic rings. The number of nitrogens with zero attached hydrogens (tertiary/aromatic N) is 5. The Morgan fingerprint density at radius 2 is 1.91 bits per heavy atom. The van der Waals surface area contributed by atoms with Gasteiger partial charge in [0.1, 0.15) is 29.5 Å². The number of hydrogen-bond acceptors (Lipinski definition) is 6. The normalized spacial score (nSPS) is 14.5. The maximum atomic E-state index is 13.3. The van der Waals surface area contributed by atoms with Crippen molar-refractivity contribution in [3.05, 3.63) is 64.1 Å². The van der Waals surface area contributed by atoms with E-state index in [2.05, 4.69) is 20.4 Å². The van der Waals surface area contributed by atoms with E-state index in [0.29, 0.717) is 5.65 Å². The third kappa shape index (κ3) is 4.00. The molecule has 0 aliphatic heterocycles. The molecule has 5 rings (SSSR count). The molecule has 174 valence electrons. The number of nitrogens with one attached hydrogen (secondary N) is 1. The van der Waals surface area contributed by atoms with Crippen LogP contribution in [0.3, 0.4) is 0 Å². The van der Waals surface area contributed by atoms with Crippen molar-refractivity contribution in [2.75, 3.05) is 5.32 Å². The second-order valence-electron chi connectivity index (χ2n) is 8.43. The van der Waals surface area contributed by atoms with Crippen LogP contribution in [0.4, 0.5) is 10.2 Å². The second kappa shape index (κ2) is 8.65. The summed E-state index contributed by atoms with van der Waals surface area (Å²) in [5.41, 5.74) is 6.44. The molecule has 0 atom stereocenters. The molecule has 0 spiro atoms. The minimum absolute atomic E-state index is 0.0788. The van der Waals surface area contributed by atoms with Crippen LogP contribution in [0, 0.1) is 5.82 Å². The number of rotatable bonds is 5. The van der Waals surface area contributed by atoms with Crippen LogP contribution >= 0.6 is 0 Å². The first-order valence-electron chi connectivity index (χ1n) is 11.0. The van der Waals surface area contributed by atoms with Gasteiger partial charge < -0.3 is 15.6 Å². The van der Waals surface area contributed by atoms with Crippen molar-refractivity contribution in [2.24, 2.45) is 5.73 Å². The zero-order chi connectivity index (χ0) is 23.8. The highest BCUT2D eigenvalue weighted by molar-refractivity contribution is 5.96. The predicted octanol–water partition coefficient (Wildman–Crippen LogP) is 2.36. The van der Waals surface area contributed by atoms with Crippen molar-refractivity contribution in [3.8, 4) is 0 Å². The molecule has 3 N–H and O–H groups in total.